The number of aryl methyl sites for hydroxylation is 3. The van der Waals surface area contributed by atoms with Gasteiger partial charge in [0.1, 0.15) is 7.05 Å². The van der Waals surface area contributed by atoms with E-state index in [4.69, 9.17) is 0 Å². The van der Waals surface area contributed by atoms with E-state index in [-0.39, 0.29) is 5.41 Å². The van der Waals surface area contributed by atoms with Gasteiger partial charge in [0.15, 0.2) is 5.69 Å². The number of rotatable bonds is 1. The van der Waals surface area contributed by atoms with Crippen molar-refractivity contribution in [2.75, 3.05) is 0 Å². The molecule has 0 unspecified atom stereocenters. The van der Waals surface area contributed by atoms with Crippen molar-refractivity contribution >= 4 is 10.8 Å². The summed E-state index contributed by atoms with van der Waals surface area (Å²) in [5.41, 5.74) is 12.2. The van der Waals surface area contributed by atoms with Crippen LogP contribution in [-0.4, -0.2) is 0 Å². The summed E-state index contributed by atoms with van der Waals surface area (Å²) in [6.07, 6.45) is 0. The van der Waals surface area contributed by atoms with Gasteiger partial charge in [-0.1, -0.05) is 61.9 Å². The molecule has 1 aliphatic rings. The fourth-order valence-electron chi connectivity index (χ4n) is 5.12. The molecule has 5 rings (SSSR count). The summed E-state index contributed by atoms with van der Waals surface area (Å²) >= 11 is 0. The molecule has 3 aromatic carbocycles. The Hall–Kier alpha value is -2.93. The average Bonchev–Trinajstić information content (AvgIpc) is 2.90. The fraction of sp³-hybridized carbons (Fsp3) is 0.250. The Morgan fingerprint density at radius 1 is 0.724 bits per heavy atom. The molecule has 1 nitrogen and oxygen atoms in total. The van der Waals surface area contributed by atoms with Crippen LogP contribution in [0.15, 0.2) is 60.7 Å². The van der Waals surface area contributed by atoms with E-state index in [0.717, 1.165) is 0 Å². The quantitative estimate of drug-likeness (QED) is 0.330. The standard InChI is InChI=1S/C28H28N/c1-17-11-12-20-15-19(3)29(6)27(23(20)13-17)22-16-26-24(14-18(22)2)21-9-7-8-10-25(21)28(26,4)5/h7-16H,1-6H3/q+1. The van der Waals surface area contributed by atoms with E-state index < -0.39 is 0 Å². The van der Waals surface area contributed by atoms with Crippen LogP contribution in [0, 0.1) is 20.8 Å². The lowest BCUT2D eigenvalue weighted by Gasteiger charge is -2.22. The van der Waals surface area contributed by atoms with Crippen molar-refractivity contribution in [3.8, 4) is 22.4 Å². The van der Waals surface area contributed by atoms with Crippen LogP contribution in [0.1, 0.15) is 41.8 Å². The fourth-order valence-corrected chi connectivity index (χ4v) is 5.12. The zero-order valence-electron chi connectivity index (χ0n) is 18.2. The molecule has 1 heterocycles. The molecule has 0 spiro atoms. The first kappa shape index (κ1) is 18.1. The number of aromatic nitrogens is 1. The van der Waals surface area contributed by atoms with E-state index in [1.165, 1.54) is 61.1 Å². The Balaban J connectivity index is 1.86. The molecule has 0 amide bonds. The maximum Gasteiger partial charge on any atom is 0.220 e. The van der Waals surface area contributed by atoms with Gasteiger partial charge in [-0.25, -0.2) is 0 Å². The maximum absolute atomic E-state index is 2.46. The summed E-state index contributed by atoms with van der Waals surface area (Å²) in [6, 6.07) is 22.8. The van der Waals surface area contributed by atoms with Gasteiger partial charge in [0, 0.05) is 18.4 Å². The molecule has 0 aliphatic heterocycles. The van der Waals surface area contributed by atoms with E-state index in [1.807, 2.05) is 0 Å². The monoisotopic (exact) mass is 378 g/mol. The highest BCUT2D eigenvalue weighted by atomic mass is 14.9. The number of pyridine rings is 1. The summed E-state index contributed by atoms with van der Waals surface area (Å²) in [5, 5.41) is 2.64. The molecule has 0 saturated carbocycles. The number of hydrogen-bond donors (Lipinski definition) is 0. The van der Waals surface area contributed by atoms with Gasteiger partial charge in [0.2, 0.25) is 5.69 Å². The second kappa shape index (κ2) is 6.03. The van der Waals surface area contributed by atoms with Crippen LogP contribution >= 0.6 is 0 Å². The molecule has 144 valence electrons. The van der Waals surface area contributed by atoms with Crippen molar-refractivity contribution in [2.24, 2.45) is 7.05 Å². The van der Waals surface area contributed by atoms with Crippen LogP contribution in [0.5, 0.6) is 0 Å². The number of benzene rings is 3. The highest BCUT2D eigenvalue weighted by molar-refractivity contribution is 5.95. The minimum atomic E-state index is 0.0164. The van der Waals surface area contributed by atoms with Crippen molar-refractivity contribution in [1.82, 2.24) is 0 Å². The van der Waals surface area contributed by atoms with Gasteiger partial charge in [0.05, 0.1) is 10.9 Å². The molecule has 0 saturated heterocycles. The van der Waals surface area contributed by atoms with Crippen molar-refractivity contribution < 1.29 is 4.57 Å². The Morgan fingerprint density at radius 3 is 2.28 bits per heavy atom. The predicted molar refractivity (Wildman–Crippen MR) is 122 cm³/mol. The van der Waals surface area contributed by atoms with E-state index in [2.05, 4.69) is 107 Å². The topological polar surface area (TPSA) is 3.88 Å². The van der Waals surface area contributed by atoms with Gasteiger partial charge in [-0.15, -0.1) is 0 Å². The van der Waals surface area contributed by atoms with Gasteiger partial charge in [-0.05, 0) is 59.2 Å². The van der Waals surface area contributed by atoms with Gasteiger partial charge < -0.3 is 0 Å². The molecule has 0 bridgehead atoms. The van der Waals surface area contributed by atoms with Crippen LogP contribution in [-0.2, 0) is 12.5 Å². The molecular formula is C28H28N+. The Morgan fingerprint density at radius 2 is 1.48 bits per heavy atom. The number of nitrogens with zero attached hydrogens (tertiary/aromatic N) is 1. The summed E-state index contributed by atoms with van der Waals surface area (Å²) in [4.78, 5) is 0. The highest BCUT2D eigenvalue weighted by Gasteiger charge is 2.36. The Labute approximate surface area is 173 Å². The zero-order chi connectivity index (χ0) is 20.5. The van der Waals surface area contributed by atoms with Crippen LogP contribution < -0.4 is 4.57 Å². The lowest BCUT2D eigenvalue weighted by Crippen LogP contribution is -2.35. The van der Waals surface area contributed by atoms with E-state index in [0.29, 0.717) is 0 Å². The second-order valence-corrected chi connectivity index (χ2v) is 9.17. The van der Waals surface area contributed by atoms with Crippen molar-refractivity contribution in [3.05, 3.63) is 88.6 Å². The molecule has 29 heavy (non-hydrogen) atoms. The second-order valence-electron chi connectivity index (χ2n) is 9.17. The van der Waals surface area contributed by atoms with Crippen LogP contribution in [0.3, 0.4) is 0 Å². The minimum absolute atomic E-state index is 0.0164. The maximum atomic E-state index is 2.46. The smallest absolute Gasteiger partial charge is 0.198 e. The van der Waals surface area contributed by atoms with E-state index in [9.17, 15) is 0 Å². The van der Waals surface area contributed by atoms with Crippen LogP contribution in [0.25, 0.3) is 33.2 Å². The Bertz CT molecular complexity index is 1310. The summed E-state index contributed by atoms with van der Waals surface area (Å²) in [5.74, 6) is 0. The third kappa shape index (κ3) is 2.50. The minimum Gasteiger partial charge on any atom is -0.198 e. The molecule has 4 aromatic rings. The first-order valence-corrected chi connectivity index (χ1v) is 10.4. The lowest BCUT2D eigenvalue weighted by atomic mass is 9.81. The van der Waals surface area contributed by atoms with Crippen molar-refractivity contribution in [2.45, 2.75) is 40.0 Å². The summed E-state index contributed by atoms with van der Waals surface area (Å²) in [7, 11) is 2.19. The normalized spacial score (nSPS) is 14.1. The molecular weight excluding hydrogens is 350 g/mol. The number of fused-ring (bicyclic) bond motifs is 4. The highest BCUT2D eigenvalue weighted by Crippen LogP contribution is 2.50. The summed E-state index contributed by atoms with van der Waals surface area (Å²) in [6.45, 7) is 11.3. The van der Waals surface area contributed by atoms with E-state index >= 15 is 0 Å². The largest absolute Gasteiger partial charge is 0.220 e. The van der Waals surface area contributed by atoms with Gasteiger partial charge in [0.25, 0.3) is 0 Å². The van der Waals surface area contributed by atoms with Crippen molar-refractivity contribution in [1.29, 1.82) is 0 Å². The first-order chi connectivity index (χ1) is 13.8. The molecule has 0 radical (unpaired) electrons. The van der Waals surface area contributed by atoms with Gasteiger partial charge >= 0.3 is 0 Å². The molecule has 1 aromatic heterocycles. The molecule has 0 N–H and O–H groups in total. The molecule has 1 heteroatoms. The first-order valence-electron chi connectivity index (χ1n) is 10.4. The number of hydrogen-bond acceptors (Lipinski definition) is 0. The van der Waals surface area contributed by atoms with Crippen molar-refractivity contribution in [3.63, 3.8) is 0 Å². The average molecular weight is 379 g/mol. The van der Waals surface area contributed by atoms with Gasteiger partial charge in [-0.3, -0.25) is 0 Å². The Kier molecular flexibility index (Phi) is 3.77. The SMILES string of the molecule is Cc1ccc2cc(C)[n+](C)c(-c3cc4c(cc3C)-c3ccccc3C4(C)C)c2c1. The predicted octanol–water partition coefficient (Wildman–Crippen LogP) is 6.56. The third-order valence-corrected chi connectivity index (χ3v) is 6.88. The van der Waals surface area contributed by atoms with Crippen LogP contribution in [0.2, 0.25) is 0 Å². The van der Waals surface area contributed by atoms with E-state index in [1.54, 1.807) is 0 Å². The lowest BCUT2D eigenvalue weighted by molar-refractivity contribution is -0.665. The third-order valence-electron chi connectivity index (χ3n) is 6.88. The zero-order valence-corrected chi connectivity index (χ0v) is 18.2. The molecule has 0 fully saturated rings. The summed E-state index contributed by atoms with van der Waals surface area (Å²) < 4.78 is 2.35. The molecule has 0 atom stereocenters. The molecule has 1 aliphatic carbocycles. The van der Waals surface area contributed by atoms with Gasteiger partial charge in [-0.2, -0.15) is 4.57 Å². The van der Waals surface area contributed by atoms with Crippen LogP contribution in [0.4, 0.5) is 0 Å².